The third kappa shape index (κ3) is 2.85. The van der Waals surface area contributed by atoms with E-state index in [1.165, 1.54) is 5.69 Å². The third-order valence-corrected chi connectivity index (χ3v) is 4.87. The van der Waals surface area contributed by atoms with E-state index >= 15 is 0 Å². The fourth-order valence-electron chi connectivity index (χ4n) is 3.48. The molecule has 2 aliphatic rings. The molecule has 1 aliphatic heterocycles. The summed E-state index contributed by atoms with van der Waals surface area (Å²) in [4.78, 5) is 15.6. The molecule has 2 aromatic rings. The molecule has 3 heterocycles. The molecule has 7 heteroatoms. The van der Waals surface area contributed by atoms with E-state index in [1.54, 1.807) is 6.07 Å². The SMILES string of the molecule is CN1C[C@@H](Nc2cc(C#N)nc(C3CC3)n2)[C@H](c2cncn2C)C1. The lowest BCUT2D eigenvalue weighted by Gasteiger charge is -2.21. The summed E-state index contributed by atoms with van der Waals surface area (Å²) in [6.07, 6.45) is 6.03. The second kappa shape index (κ2) is 5.87. The van der Waals surface area contributed by atoms with Gasteiger partial charge in [0, 0.05) is 56.0 Å². The number of likely N-dealkylation sites (tertiary alicyclic amines) is 1. The molecule has 2 aromatic heterocycles. The molecule has 1 saturated carbocycles. The minimum atomic E-state index is 0.235. The van der Waals surface area contributed by atoms with Crippen LogP contribution in [0, 0.1) is 11.3 Å². The molecule has 0 radical (unpaired) electrons. The van der Waals surface area contributed by atoms with Crippen LogP contribution in [0.15, 0.2) is 18.6 Å². The van der Waals surface area contributed by atoms with E-state index in [4.69, 9.17) is 0 Å². The minimum absolute atomic E-state index is 0.235. The summed E-state index contributed by atoms with van der Waals surface area (Å²) in [6, 6.07) is 4.15. The van der Waals surface area contributed by atoms with E-state index in [1.807, 2.05) is 19.6 Å². The Kier molecular flexibility index (Phi) is 3.69. The highest BCUT2D eigenvalue weighted by atomic mass is 15.2. The van der Waals surface area contributed by atoms with Crippen molar-refractivity contribution in [2.24, 2.45) is 7.05 Å². The summed E-state index contributed by atoms with van der Waals surface area (Å²) in [5.41, 5.74) is 1.66. The Morgan fingerprint density at radius 2 is 2.08 bits per heavy atom. The van der Waals surface area contributed by atoms with E-state index in [9.17, 15) is 5.26 Å². The highest BCUT2D eigenvalue weighted by Gasteiger charge is 2.34. The van der Waals surface area contributed by atoms with Gasteiger partial charge in [-0.1, -0.05) is 0 Å². The van der Waals surface area contributed by atoms with Gasteiger partial charge < -0.3 is 14.8 Å². The topological polar surface area (TPSA) is 82.7 Å². The molecule has 1 N–H and O–H groups in total. The van der Waals surface area contributed by atoms with Gasteiger partial charge in [-0.3, -0.25) is 0 Å². The zero-order valence-electron chi connectivity index (χ0n) is 14.0. The average Bonchev–Trinajstić information content (AvgIpc) is 3.25. The molecule has 24 heavy (non-hydrogen) atoms. The Morgan fingerprint density at radius 1 is 1.25 bits per heavy atom. The van der Waals surface area contributed by atoms with Crippen LogP contribution < -0.4 is 5.32 Å². The van der Waals surface area contributed by atoms with Crippen LogP contribution in [0.5, 0.6) is 0 Å². The highest BCUT2D eigenvalue weighted by molar-refractivity contribution is 5.43. The van der Waals surface area contributed by atoms with Crippen molar-refractivity contribution < 1.29 is 0 Å². The molecule has 1 aliphatic carbocycles. The molecule has 124 valence electrons. The Morgan fingerprint density at radius 3 is 2.75 bits per heavy atom. The lowest BCUT2D eigenvalue weighted by atomic mass is 10.00. The number of nitriles is 1. The number of aryl methyl sites for hydroxylation is 1. The molecular formula is C17H21N7. The Labute approximate surface area is 141 Å². The van der Waals surface area contributed by atoms with Crippen LogP contribution in [0.2, 0.25) is 0 Å². The fraction of sp³-hybridized carbons (Fsp3) is 0.529. The van der Waals surface area contributed by atoms with Gasteiger partial charge in [-0.15, -0.1) is 0 Å². The van der Waals surface area contributed by atoms with Gasteiger partial charge in [0.15, 0.2) is 0 Å². The average molecular weight is 323 g/mol. The lowest BCUT2D eigenvalue weighted by Crippen LogP contribution is -2.29. The smallest absolute Gasteiger partial charge is 0.146 e. The monoisotopic (exact) mass is 323 g/mol. The molecule has 7 nitrogen and oxygen atoms in total. The molecule has 2 fully saturated rings. The largest absolute Gasteiger partial charge is 0.365 e. The Hall–Kier alpha value is -2.46. The minimum Gasteiger partial charge on any atom is -0.365 e. The normalized spacial score (nSPS) is 24.0. The molecule has 4 rings (SSSR count). The molecule has 0 unspecified atom stereocenters. The van der Waals surface area contributed by atoms with Crippen molar-refractivity contribution in [2.45, 2.75) is 30.7 Å². The summed E-state index contributed by atoms with van der Waals surface area (Å²) in [5.74, 6) is 2.33. The van der Waals surface area contributed by atoms with Crippen molar-refractivity contribution in [1.82, 2.24) is 24.4 Å². The zero-order valence-corrected chi connectivity index (χ0v) is 14.0. The van der Waals surface area contributed by atoms with Crippen molar-refractivity contribution >= 4 is 5.82 Å². The van der Waals surface area contributed by atoms with E-state index in [0.29, 0.717) is 17.5 Å². The van der Waals surface area contributed by atoms with Gasteiger partial charge in [0.05, 0.1) is 6.33 Å². The van der Waals surface area contributed by atoms with E-state index in [-0.39, 0.29) is 6.04 Å². The van der Waals surface area contributed by atoms with Crippen LogP contribution in [-0.2, 0) is 7.05 Å². The second-order valence-corrected chi connectivity index (χ2v) is 6.89. The number of anilines is 1. The van der Waals surface area contributed by atoms with Gasteiger partial charge >= 0.3 is 0 Å². The zero-order chi connectivity index (χ0) is 16.7. The predicted molar refractivity (Wildman–Crippen MR) is 89.6 cm³/mol. The molecule has 0 aromatic carbocycles. The fourth-order valence-corrected chi connectivity index (χ4v) is 3.48. The summed E-state index contributed by atoms with van der Waals surface area (Å²) < 4.78 is 2.08. The van der Waals surface area contributed by atoms with Gasteiger partial charge in [-0.25, -0.2) is 15.0 Å². The van der Waals surface area contributed by atoms with Gasteiger partial charge in [-0.05, 0) is 19.9 Å². The molecule has 0 bridgehead atoms. The number of nitrogens with one attached hydrogen (secondary N) is 1. The first-order valence-electron chi connectivity index (χ1n) is 8.34. The first-order chi connectivity index (χ1) is 11.6. The standard InChI is InChI=1S/C17H21N7/c1-23-8-13(15-7-19-10-24(15)2)14(9-23)21-16-5-12(6-18)20-17(22-16)11-3-4-11/h5,7,10-11,13-14H,3-4,8-9H2,1-2H3,(H,20,21,22)/t13-,14-/m1/s1. The quantitative estimate of drug-likeness (QED) is 0.917. The van der Waals surface area contributed by atoms with Gasteiger partial charge in [0.2, 0.25) is 0 Å². The molecular weight excluding hydrogens is 302 g/mol. The molecule has 0 spiro atoms. The maximum absolute atomic E-state index is 9.24. The Balaban J connectivity index is 1.60. The van der Waals surface area contributed by atoms with Crippen LogP contribution >= 0.6 is 0 Å². The van der Waals surface area contributed by atoms with E-state index in [2.05, 4.69) is 42.9 Å². The number of hydrogen-bond donors (Lipinski definition) is 1. The van der Waals surface area contributed by atoms with Crippen molar-refractivity contribution in [3.63, 3.8) is 0 Å². The van der Waals surface area contributed by atoms with E-state index in [0.717, 1.165) is 37.6 Å². The predicted octanol–water partition coefficient (Wildman–Crippen LogP) is 1.47. The number of rotatable bonds is 4. The van der Waals surface area contributed by atoms with Crippen molar-refractivity contribution in [2.75, 3.05) is 25.5 Å². The maximum Gasteiger partial charge on any atom is 0.146 e. The third-order valence-electron chi connectivity index (χ3n) is 4.87. The van der Waals surface area contributed by atoms with Crippen LogP contribution in [-0.4, -0.2) is 50.6 Å². The number of hydrogen-bond acceptors (Lipinski definition) is 6. The van der Waals surface area contributed by atoms with Gasteiger partial charge in [0.1, 0.15) is 23.4 Å². The number of nitrogens with zero attached hydrogens (tertiary/aromatic N) is 6. The second-order valence-electron chi connectivity index (χ2n) is 6.89. The van der Waals surface area contributed by atoms with Crippen LogP contribution in [0.1, 0.15) is 41.9 Å². The van der Waals surface area contributed by atoms with Crippen LogP contribution in [0.3, 0.4) is 0 Å². The van der Waals surface area contributed by atoms with Crippen molar-refractivity contribution in [3.8, 4) is 6.07 Å². The summed E-state index contributed by atoms with van der Waals surface area (Å²) in [7, 11) is 4.16. The molecule has 0 amide bonds. The van der Waals surface area contributed by atoms with E-state index < -0.39 is 0 Å². The molecule has 2 atom stereocenters. The molecule has 1 saturated heterocycles. The number of likely N-dealkylation sites (N-methyl/N-ethyl adjacent to an activating group) is 1. The van der Waals surface area contributed by atoms with Crippen molar-refractivity contribution in [3.05, 3.63) is 35.8 Å². The number of aromatic nitrogens is 4. The van der Waals surface area contributed by atoms with Crippen molar-refractivity contribution in [1.29, 1.82) is 5.26 Å². The maximum atomic E-state index is 9.24. The van der Waals surface area contributed by atoms with Gasteiger partial charge in [0.25, 0.3) is 0 Å². The summed E-state index contributed by atoms with van der Waals surface area (Å²) in [5, 5.41) is 12.8. The Bertz CT molecular complexity index is 786. The number of imidazole rings is 1. The first-order valence-corrected chi connectivity index (χ1v) is 8.34. The summed E-state index contributed by atoms with van der Waals surface area (Å²) in [6.45, 7) is 1.91. The summed E-state index contributed by atoms with van der Waals surface area (Å²) >= 11 is 0. The van der Waals surface area contributed by atoms with Crippen LogP contribution in [0.25, 0.3) is 0 Å². The first kappa shape index (κ1) is 15.1. The lowest BCUT2D eigenvalue weighted by molar-refractivity contribution is 0.408. The highest BCUT2D eigenvalue weighted by Crippen LogP contribution is 2.38. The van der Waals surface area contributed by atoms with Crippen LogP contribution in [0.4, 0.5) is 5.82 Å². The van der Waals surface area contributed by atoms with Gasteiger partial charge in [-0.2, -0.15) is 5.26 Å².